The lowest BCUT2D eigenvalue weighted by molar-refractivity contribution is -0.641. The van der Waals surface area contributed by atoms with Crippen LogP contribution in [0.2, 0.25) is 0 Å². The molecule has 5 rings (SSSR count). The number of hydrogen-bond donors (Lipinski definition) is 3. The topological polar surface area (TPSA) is 78.4 Å². The summed E-state index contributed by atoms with van der Waals surface area (Å²) in [6, 6.07) is 7.15. The van der Waals surface area contributed by atoms with E-state index in [0.717, 1.165) is 39.5 Å². The van der Waals surface area contributed by atoms with E-state index >= 15 is 0 Å². The van der Waals surface area contributed by atoms with E-state index in [2.05, 4.69) is 20.6 Å². The molecule has 0 bridgehead atoms. The third-order valence-corrected chi connectivity index (χ3v) is 5.66. The molecular formula is C22H21F3N7+. The van der Waals surface area contributed by atoms with Gasteiger partial charge in [-0.05, 0) is 24.6 Å². The molecule has 1 aliphatic rings. The van der Waals surface area contributed by atoms with Gasteiger partial charge in [-0.2, -0.15) is 18.3 Å². The van der Waals surface area contributed by atoms with Crippen LogP contribution in [0.4, 0.5) is 13.2 Å². The molecule has 0 fully saturated rings. The number of halogens is 3. The number of hydrazine groups is 1. The van der Waals surface area contributed by atoms with Crippen LogP contribution in [0.15, 0.2) is 61.3 Å². The second-order valence-corrected chi connectivity index (χ2v) is 7.75. The molecule has 164 valence electrons. The third kappa shape index (κ3) is 3.53. The summed E-state index contributed by atoms with van der Waals surface area (Å²) in [6.45, 7) is 1.74. The van der Waals surface area contributed by atoms with Crippen LogP contribution in [0.5, 0.6) is 0 Å². The summed E-state index contributed by atoms with van der Waals surface area (Å²) in [4.78, 5) is 7.67. The monoisotopic (exact) mass is 440 g/mol. The van der Waals surface area contributed by atoms with Crippen molar-refractivity contribution in [3.8, 4) is 11.1 Å². The Balaban J connectivity index is 1.48. The molecule has 1 aromatic carbocycles. The van der Waals surface area contributed by atoms with Gasteiger partial charge in [-0.3, -0.25) is 9.69 Å². The van der Waals surface area contributed by atoms with Crippen LogP contribution in [-0.2, 0) is 13.2 Å². The maximum atomic E-state index is 13.5. The zero-order valence-corrected chi connectivity index (χ0v) is 17.4. The van der Waals surface area contributed by atoms with Gasteiger partial charge in [0.05, 0.1) is 29.6 Å². The molecule has 4 heterocycles. The van der Waals surface area contributed by atoms with Gasteiger partial charge in [0.15, 0.2) is 5.70 Å². The highest BCUT2D eigenvalue weighted by Gasteiger charge is 2.36. The number of aromatic amines is 1. The Morgan fingerprint density at radius 1 is 1.12 bits per heavy atom. The van der Waals surface area contributed by atoms with E-state index in [9.17, 15) is 13.2 Å². The smallest absolute Gasteiger partial charge is 0.345 e. The summed E-state index contributed by atoms with van der Waals surface area (Å²) >= 11 is 0. The molecule has 0 aliphatic carbocycles. The first-order valence-corrected chi connectivity index (χ1v) is 10.0. The molecule has 32 heavy (non-hydrogen) atoms. The number of nitrogens with zero attached hydrogens (tertiary/aromatic N) is 4. The molecule has 3 aromatic heterocycles. The van der Waals surface area contributed by atoms with Gasteiger partial charge in [-0.25, -0.2) is 10.4 Å². The first-order chi connectivity index (χ1) is 15.3. The van der Waals surface area contributed by atoms with Crippen LogP contribution in [0.3, 0.4) is 0 Å². The molecule has 0 spiro atoms. The largest absolute Gasteiger partial charge is 0.416 e. The zero-order chi connectivity index (χ0) is 22.5. The van der Waals surface area contributed by atoms with Gasteiger partial charge in [-0.1, -0.05) is 23.7 Å². The number of benzene rings is 1. The molecule has 1 unspecified atom stereocenters. The molecule has 0 amide bonds. The van der Waals surface area contributed by atoms with Gasteiger partial charge in [0.2, 0.25) is 0 Å². The molecule has 1 atom stereocenters. The predicted molar refractivity (Wildman–Crippen MR) is 113 cm³/mol. The van der Waals surface area contributed by atoms with Crippen LogP contribution < -0.4 is 11.0 Å². The minimum Gasteiger partial charge on any atom is -0.345 e. The van der Waals surface area contributed by atoms with E-state index in [1.54, 1.807) is 40.5 Å². The Labute approximate surface area is 181 Å². The second-order valence-electron chi connectivity index (χ2n) is 7.75. The Morgan fingerprint density at radius 3 is 2.69 bits per heavy atom. The third-order valence-electron chi connectivity index (χ3n) is 5.66. The summed E-state index contributed by atoms with van der Waals surface area (Å²) in [5, 5.41) is 6.80. The van der Waals surface area contributed by atoms with E-state index in [0.29, 0.717) is 0 Å². The molecule has 10 heteroatoms. The maximum absolute atomic E-state index is 13.5. The van der Waals surface area contributed by atoms with Crippen molar-refractivity contribution in [1.29, 1.82) is 0 Å². The number of aryl methyl sites for hydroxylation is 1. The van der Waals surface area contributed by atoms with Crippen molar-refractivity contribution in [3.63, 3.8) is 0 Å². The number of fused-ring (bicyclic) bond motifs is 1. The van der Waals surface area contributed by atoms with Gasteiger partial charge in [0, 0.05) is 42.2 Å². The highest BCUT2D eigenvalue weighted by molar-refractivity contribution is 5.91. The predicted octanol–water partition coefficient (Wildman–Crippen LogP) is 3.34. The fourth-order valence-electron chi connectivity index (χ4n) is 3.98. The number of H-pyrrole nitrogens is 1. The average Bonchev–Trinajstić information content (AvgIpc) is 3.51. The van der Waals surface area contributed by atoms with E-state index in [4.69, 9.17) is 0 Å². The molecule has 0 saturated carbocycles. The highest BCUT2D eigenvalue weighted by atomic mass is 19.4. The van der Waals surface area contributed by atoms with E-state index in [1.807, 2.05) is 31.7 Å². The number of alkyl halides is 3. The number of rotatable bonds is 4. The summed E-state index contributed by atoms with van der Waals surface area (Å²) < 4.78 is 42.1. The van der Waals surface area contributed by atoms with Gasteiger partial charge in [0.25, 0.3) is 0 Å². The van der Waals surface area contributed by atoms with Crippen molar-refractivity contribution in [2.75, 3.05) is 0 Å². The Kier molecular flexibility index (Phi) is 4.75. The minimum atomic E-state index is -4.41. The summed E-state index contributed by atoms with van der Waals surface area (Å²) in [6.07, 6.45) is 4.74. The molecule has 0 radical (unpaired) electrons. The second kappa shape index (κ2) is 7.50. The quantitative estimate of drug-likeness (QED) is 0.426. The highest BCUT2D eigenvalue weighted by Crippen LogP contribution is 2.36. The lowest BCUT2D eigenvalue weighted by Crippen LogP contribution is -2.89. The maximum Gasteiger partial charge on any atom is 0.416 e. The molecule has 7 nitrogen and oxygen atoms in total. The zero-order valence-electron chi connectivity index (χ0n) is 17.4. The van der Waals surface area contributed by atoms with Crippen molar-refractivity contribution in [2.45, 2.75) is 19.1 Å². The van der Waals surface area contributed by atoms with E-state index in [-0.39, 0.29) is 5.56 Å². The lowest BCUT2D eigenvalue weighted by atomic mass is 10.0. The lowest BCUT2D eigenvalue weighted by Gasteiger charge is -2.24. The molecule has 4 N–H and O–H groups in total. The number of hydrogen-bond acceptors (Lipinski definition) is 4. The molecular weight excluding hydrogens is 419 g/mol. The standard InChI is InChI=1S/C22H20F3N7/c1-13(16-5-3-4-6-19(16)22(23,24)25)32-12-20(29-30-32)18-10-27-21-17(18)7-14(8-26-21)15-9-28-31(2)11-15/h3-13,29-30H,1-2H3,(H,26,27)/p+1. The van der Waals surface area contributed by atoms with Crippen LogP contribution >= 0.6 is 0 Å². The normalized spacial score (nSPS) is 15.4. The Hall–Kier alpha value is -3.63. The van der Waals surface area contributed by atoms with Gasteiger partial charge >= 0.3 is 6.18 Å². The fourth-order valence-corrected chi connectivity index (χ4v) is 3.98. The number of pyridine rings is 1. The fraction of sp³-hybridized carbons (Fsp3) is 0.182. The van der Waals surface area contributed by atoms with Gasteiger partial charge in [-0.15, -0.1) is 0 Å². The summed E-state index contributed by atoms with van der Waals surface area (Å²) in [7, 11) is 1.86. The minimum absolute atomic E-state index is 0.206. The summed E-state index contributed by atoms with van der Waals surface area (Å²) in [5.74, 6) is 0. The number of aromatic nitrogens is 4. The first kappa shape index (κ1) is 20.3. The van der Waals surface area contributed by atoms with E-state index < -0.39 is 17.8 Å². The van der Waals surface area contributed by atoms with Gasteiger partial charge in [0.1, 0.15) is 5.65 Å². The number of nitrogens with two attached hydrogens (primary N) is 1. The molecule has 1 aliphatic heterocycles. The first-order valence-electron chi connectivity index (χ1n) is 10.0. The van der Waals surface area contributed by atoms with Crippen LogP contribution in [-0.4, -0.2) is 24.8 Å². The Bertz CT molecular complexity index is 1320. The average molecular weight is 440 g/mol. The van der Waals surface area contributed by atoms with Crippen molar-refractivity contribution in [2.24, 2.45) is 7.05 Å². The van der Waals surface area contributed by atoms with Crippen molar-refractivity contribution in [1.82, 2.24) is 30.3 Å². The van der Waals surface area contributed by atoms with Crippen molar-refractivity contribution in [3.05, 3.63) is 78.0 Å². The van der Waals surface area contributed by atoms with Crippen LogP contribution in [0.1, 0.15) is 29.7 Å². The van der Waals surface area contributed by atoms with Crippen molar-refractivity contribution >= 4 is 16.7 Å². The number of quaternary nitrogens is 1. The Morgan fingerprint density at radius 2 is 1.94 bits per heavy atom. The van der Waals surface area contributed by atoms with E-state index in [1.165, 1.54) is 12.1 Å². The van der Waals surface area contributed by atoms with Crippen LogP contribution in [0.25, 0.3) is 27.9 Å². The van der Waals surface area contributed by atoms with Crippen molar-refractivity contribution < 1.29 is 18.6 Å². The van der Waals surface area contributed by atoms with Crippen LogP contribution in [0, 0.1) is 0 Å². The SMILES string of the molecule is CC(c1ccccc1C(F)(F)F)N1C=C(c2c[nH]c3ncc(-c4cnn(C)c4)cc23)[NH2+]N1. The number of nitrogens with one attached hydrogen (secondary N) is 2. The molecule has 4 aromatic rings. The molecule has 0 saturated heterocycles. The van der Waals surface area contributed by atoms with Gasteiger partial charge < -0.3 is 4.98 Å². The summed E-state index contributed by atoms with van der Waals surface area (Å²) in [5.41, 5.74) is 8.82.